The summed E-state index contributed by atoms with van der Waals surface area (Å²) in [5, 5.41) is 4.08. The summed E-state index contributed by atoms with van der Waals surface area (Å²) in [5.74, 6) is 0.388. The Morgan fingerprint density at radius 1 is 1.38 bits per heavy atom. The number of halogens is 1. The molecule has 1 aromatic rings. The van der Waals surface area contributed by atoms with Crippen LogP contribution in [0.4, 0.5) is 5.69 Å². The molecule has 0 spiro atoms. The van der Waals surface area contributed by atoms with E-state index in [9.17, 15) is 9.59 Å². The van der Waals surface area contributed by atoms with E-state index < -0.39 is 0 Å². The fourth-order valence-electron chi connectivity index (χ4n) is 2.37. The first-order valence-corrected chi connectivity index (χ1v) is 8.04. The molecule has 0 aliphatic carbocycles. The van der Waals surface area contributed by atoms with E-state index in [-0.39, 0.29) is 24.2 Å². The van der Waals surface area contributed by atoms with Gasteiger partial charge in [-0.05, 0) is 24.3 Å². The van der Waals surface area contributed by atoms with Crippen molar-refractivity contribution < 1.29 is 9.59 Å². The zero-order chi connectivity index (χ0) is 14.8. The van der Waals surface area contributed by atoms with Gasteiger partial charge in [-0.15, -0.1) is 0 Å². The molecular weight excluding hydrogens is 310 g/mol. The second kappa shape index (κ2) is 6.07. The van der Waals surface area contributed by atoms with Crippen molar-refractivity contribution in [2.24, 2.45) is 10.9 Å². The van der Waals surface area contributed by atoms with Crippen LogP contribution in [0.15, 0.2) is 29.3 Å². The van der Waals surface area contributed by atoms with Gasteiger partial charge in [-0.3, -0.25) is 14.6 Å². The third-order valence-corrected chi connectivity index (χ3v) is 4.59. The molecule has 21 heavy (non-hydrogen) atoms. The Balaban J connectivity index is 1.66. The van der Waals surface area contributed by atoms with Gasteiger partial charge in [-0.25, -0.2) is 0 Å². The summed E-state index contributed by atoms with van der Waals surface area (Å²) in [7, 11) is 0. The topological polar surface area (TPSA) is 61.8 Å². The molecule has 2 aliphatic heterocycles. The summed E-state index contributed by atoms with van der Waals surface area (Å²) in [4.78, 5) is 30.1. The molecule has 1 saturated heterocycles. The number of rotatable bonds is 2. The second-order valence-corrected chi connectivity index (χ2v) is 6.43. The van der Waals surface area contributed by atoms with Gasteiger partial charge in [0.05, 0.1) is 12.5 Å². The van der Waals surface area contributed by atoms with Gasteiger partial charge >= 0.3 is 0 Å². The van der Waals surface area contributed by atoms with Gasteiger partial charge in [0.25, 0.3) is 0 Å². The average molecular weight is 324 g/mol. The summed E-state index contributed by atoms with van der Waals surface area (Å²) in [6.45, 7) is 1.13. The van der Waals surface area contributed by atoms with Crippen molar-refractivity contribution in [2.45, 2.75) is 6.42 Å². The van der Waals surface area contributed by atoms with Gasteiger partial charge < -0.3 is 10.2 Å². The Morgan fingerprint density at radius 2 is 2.14 bits per heavy atom. The minimum absolute atomic E-state index is 0.0431. The molecule has 2 amide bonds. The van der Waals surface area contributed by atoms with Crippen LogP contribution in [0.1, 0.15) is 6.42 Å². The van der Waals surface area contributed by atoms with Crippen molar-refractivity contribution in [1.82, 2.24) is 5.32 Å². The molecule has 2 heterocycles. The molecule has 1 aromatic carbocycles. The maximum Gasteiger partial charge on any atom is 0.231 e. The van der Waals surface area contributed by atoms with E-state index in [0.717, 1.165) is 18.0 Å². The zero-order valence-corrected chi connectivity index (χ0v) is 12.8. The monoisotopic (exact) mass is 323 g/mol. The number of benzene rings is 1. The number of amidine groups is 1. The predicted molar refractivity (Wildman–Crippen MR) is 84.8 cm³/mol. The van der Waals surface area contributed by atoms with E-state index in [2.05, 4.69) is 10.3 Å². The summed E-state index contributed by atoms with van der Waals surface area (Å²) in [6, 6.07) is 7.05. The van der Waals surface area contributed by atoms with E-state index in [1.54, 1.807) is 29.2 Å². The largest absolute Gasteiger partial charge is 0.312 e. The lowest BCUT2D eigenvalue weighted by atomic mass is 10.1. The van der Waals surface area contributed by atoms with E-state index in [0.29, 0.717) is 16.7 Å². The Labute approximate surface area is 131 Å². The normalized spacial score (nSPS) is 21.6. The number of carbonyl (C=O) groups excluding carboxylic acids is 2. The van der Waals surface area contributed by atoms with Gasteiger partial charge in [0.2, 0.25) is 11.8 Å². The minimum Gasteiger partial charge on any atom is -0.312 e. The molecule has 110 valence electrons. The fourth-order valence-corrected chi connectivity index (χ4v) is 3.23. The number of nitrogens with zero attached hydrogens (tertiary/aromatic N) is 2. The van der Waals surface area contributed by atoms with Crippen LogP contribution in [0.2, 0.25) is 5.02 Å². The van der Waals surface area contributed by atoms with Crippen molar-refractivity contribution in [1.29, 1.82) is 0 Å². The fraction of sp³-hybridized carbons (Fsp3) is 0.357. The van der Waals surface area contributed by atoms with Crippen molar-refractivity contribution in [2.75, 3.05) is 23.7 Å². The van der Waals surface area contributed by atoms with Crippen LogP contribution in [0.25, 0.3) is 0 Å². The van der Waals surface area contributed by atoms with Crippen molar-refractivity contribution in [3.63, 3.8) is 0 Å². The minimum atomic E-state index is -0.336. The Morgan fingerprint density at radius 3 is 2.81 bits per heavy atom. The van der Waals surface area contributed by atoms with Crippen molar-refractivity contribution in [3.8, 4) is 0 Å². The standard InChI is InChI=1S/C14H14ClN3O2S/c15-10-1-3-11(4-2-10)18-8-9(7-12(18)19)13(20)17-14-16-5-6-21-14/h1-4,9H,5-8H2,(H,16,17,20)/t9-/m0/s1. The number of nitrogens with one attached hydrogen (secondary N) is 1. The molecule has 5 nitrogen and oxygen atoms in total. The molecule has 7 heteroatoms. The van der Waals surface area contributed by atoms with Crippen LogP contribution in [-0.2, 0) is 9.59 Å². The quantitative estimate of drug-likeness (QED) is 0.904. The smallest absolute Gasteiger partial charge is 0.231 e. The number of amides is 2. The Kier molecular flexibility index (Phi) is 4.17. The summed E-state index contributed by atoms with van der Waals surface area (Å²) in [6.07, 6.45) is 0.229. The van der Waals surface area contributed by atoms with Crippen LogP contribution in [-0.4, -0.2) is 35.8 Å². The van der Waals surface area contributed by atoms with Crippen LogP contribution >= 0.6 is 23.4 Å². The highest BCUT2D eigenvalue weighted by atomic mass is 35.5. The molecule has 0 aromatic heterocycles. The molecule has 1 N–H and O–H groups in total. The van der Waals surface area contributed by atoms with Gasteiger partial charge in [0, 0.05) is 29.4 Å². The van der Waals surface area contributed by atoms with E-state index in [4.69, 9.17) is 11.6 Å². The van der Waals surface area contributed by atoms with Crippen LogP contribution in [0.3, 0.4) is 0 Å². The highest BCUT2D eigenvalue weighted by molar-refractivity contribution is 8.14. The van der Waals surface area contributed by atoms with Crippen LogP contribution in [0.5, 0.6) is 0 Å². The van der Waals surface area contributed by atoms with Gasteiger partial charge in [-0.1, -0.05) is 23.4 Å². The number of thioether (sulfide) groups is 1. The molecular formula is C14H14ClN3O2S. The van der Waals surface area contributed by atoms with Gasteiger partial charge in [-0.2, -0.15) is 0 Å². The van der Waals surface area contributed by atoms with E-state index in [1.807, 2.05) is 0 Å². The molecule has 1 atom stereocenters. The first-order chi connectivity index (χ1) is 10.1. The number of carbonyl (C=O) groups is 2. The molecule has 0 bridgehead atoms. The number of hydrogen-bond donors (Lipinski definition) is 1. The lowest BCUT2D eigenvalue weighted by Crippen LogP contribution is -2.35. The maximum absolute atomic E-state index is 12.2. The zero-order valence-electron chi connectivity index (χ0n) is 11.2. The highest BCUT2D eigenvalue weighted by Gasteiger charge is 2.35. The van der Waals surface area contributed by atoms with Gasteiger partial charge in [0.15, 0.2) is 5.17 Å². The molecule has 2 aliphatic rings. The second-order valence-electron chi connectivity index (χ2n) is 4.91. The summed E-state index contributed by atoms with van der Waals surface area (Å²) < 4.78 is 0. The van der Waals surface area contributed by atoms with Crippen LogP contribution in [0, 0.1) is 5.92 Å². The highest BCUT2D eigenvalue weighted by Crippen LogP contribution is 2.26. The summed E-state index contributed by atoms with van der Waals surface area (Å²) in [5.41, 5.74) is 0.771. The summed E-state index contributed by atoms with van der Waals surface area (Å²) >= 11 is 7.38. The number of anilines is 1. The third-order valence-electron chi connectivity index (χ3n) is 3.45. The predicted octanol–water partition coefficient (Wildman–Crippen LogP) is 1.91. The maximum atomic E-state index is 12.2. The average Bonchev–Trinajstić information content (AvgIpc) is 3.09. The molecule has 1 fully saturated rings. The number of hydrogen-bond acceptors (Lipinski definition) is 4. The van der Waals surface area contributed by atoms with Crippen LogP contribution < -0.4 is 10.2 Å². The first kappa shape index (κ1) is 14.4. The van der Waals surface area contributed by atoms with E-state index in [1.165, 1.54) is 11.8 Å². The Bertz CT molecular complexity index is 603. The van der Waals surface area contributed by atoms with Crippen molar-refractivity contribution >= 4 is 46.0 Å². The third kappa shape index (κ3) is 3.22. The van der Waals surface area contributed by atoms with E-state index >= 15 is 0 Å². The Hall–Kier alpha value is -1.53. The first-order valence-electron chi connectivity index (χ1n) is 6.67. The molecule has 3 rings (SSSR count). The number of aliphatic imine (C=N–C) groups is 1. The lowest BCUT2D eigenvalue weighted by molar-refractivity contribution is -0.125. The SMILES string of the molecule is O=C(NC1=NCCS1)[C@H]1CC(=O)N(c2ccc(Cl)cc2)C1. The van der Waals surface area contributed by atoms with Gasteiger partial charge in [0.1, 0.15) is 0 Å². The molecule has 0 saturated carbocycles. The lowest BCUT2D eigenvalue weighted by Gasteiger charge is -2.16. The molecule has 0 radical (unpaired) electrons. The van der Waals surface area contributed by atoms with Crippen molar-refractivity contribution in [3.05, 3.63) is 29.3 Å². The molecule has 0 unspecified atom stereocenters.